The standard InChI is InChI=1S/C26H21FN8O/c1-35(2)17-5-15(9-28-10-17)21-8-19-22(13-30-21)33-34-25(19)26-31-23-12-29-11-20(24(23)32-26)14-4-16(27)7-18(6-14)36-3/h4-13H,1-3H3,(H,31,32)(H,33,34). The molecule has 5 heterocycles. The van der Waals surface area contributed by atoms with Crippen molar-refractivity contribution in [3.05, 3.63) is 67.1 Å². The lowest BCUT2D eigenvalue weighted by Gasteiger charge is -2.12. The van der Waals surface area contributed by atoms with Crippen molar-refractivity contribution in [2.24, 2.45) is 0 Å². The zero-order valence-electron chi connectivity index (χ0n) is 19.7. The normalized spacial score (nSPS) is 11.3. The van der Waals surface area contributed by atoms with Crippen LogP contribution in [0.25, 0.3) is 55.8 Å². The lowest BCUT2D eigenvalue weighted by atomic mass is 10.1. The Kier molecular flexibility index (Phi) is 5.06. The average Bonchev–Trinajstić information content (AvgIpc) is 3.51. The van der Waals surface area contributed by atoms with Gasteiger partial charge in [-0.15, -0.1) is 0 Å². The number of H-pyrrole nitrogens is 2. The summed E-state index contributed by atoms with van der Waals surface area (Å²) >= 11 is 0. The number of hydrogen-bond acceptors (Lipinski definition) is 7. The molecule has 6 rings (SSSR count). The van der Waals surface area contributed by atoms with Gasteiger partial charge < -0.3 is 14.6 Å². The maximum Gasteiger partial charge on any atom is 0.159 e. The van der Waals surface area contributed by atoms with Gasteiger partial charge in [-0.25, -0.2) is 9.37 Å². The van der Waals surface area contributed by atoms with E-state index in [1.165, 1.54) is 19.2 Å². The topological polar surface area (TPSA) is 108 Å². The molecular weight excluding hydrogens is 459 g/mol. The molecule has 0 unspecified atom stereocenters. The van der Waals surface area contributed by atoms with Gasteiger partial charge >= 0.3 is 0 Å². The van der Waals surface area contributed by atoms with Gasteiger partial charge in [-0.3, -0.25) is 20.1 Å². The fourth-order valence-corrected chi connectivity index (χ4v) is 4.16. The number of nitrogens with zero attached hydrogens (tertiary/aromatic N) is 6. The van der Waals surface area contributed by atoms with E-state index in [0.29, 0.717) is 39.4 Å². The van der Waals surface area contributed by atoms with Gasteiger partial charge in [0.15, 0.2) is 5.82 Å². The van der Waals surface area contributed by atoms with Gasteiger partial charge in [0.05, 0.1) is 53.6 Å². The van der Waals surface area contributed by atoms with Crippen LogP contribution < -0.4 is 9.64 Å². The number of benzene rings is 1. The van der Waals surface area contributed by atoms with E-state index < -0.39 is 5.82 Å². The number of fused-ring (bicyclic) bond motifs is 2. The third-order valence-corrected chi connectivity index (χ3v) is 6.02. The molecule has 2 N–H and O–H groups in total. The number of ether oxygens (including phenoxy) is 1. The quantitative estimate of drug-likeness (QED) is 0.363. The summed E-state index contributed by atoms with van der Waals surface area (Å²) < 4.78 is 19.4. The second-order valence-electron chi connectivity index (χ2n) is 8.56. The number of aromatic amines is 2. The number of hydrogen-bond donors (Lipinski definition) is 2. The van der Waals surface area contributed by atoms with E-state index in [2.05, 4.69) is 30.1 Å². The van der Waals surface area contributed by atoms with Gasteiger partial charge in [-0.05, 0) is 29.8 Å². The Balaban J connectivity index is 1.47. The number of aromatic nitrogens is 7. The number of anilines is 1. The first-order valence-corrected chi connectivity index (χ1v) is 11.2. The maximum atomic E-state index is 14.2. The van der Waals surface area contributed by atoms with Gasteiger partial charge in [-0.2, -0.15) is 5.10 Å². The zero-order valence-corrected chi connectivity index (χ0v) is 19.7. The van der Waals surface area contributed by atoms with Crippen molar-refractivity contribution in [2.45, 2.75) is 0 Å². The lowest BCUT2D eigenvalue weighted by Crippen LogP contribution is -2.08. The van der Waals surface area contributed by atoms with Crippen molar-refractivity contribution in [1.82, 2.24) is 35.1 Å². The van der Waals surface area contributed by atoms with E-state index >= 15 is 0 Å². The Bertz CT molecular complexity index is 1740. The van der Waals surface area contributed by atoms with Crippen molar-refractivity contribution in [1.29, 1.82) is 0 Å². The van der Waals surface area contributed by atoms with Crippen LogP contribution in [0.1, 0.15) is 0 Å². The summed E-state index contributed by atoms with van der Waals surface area (Å²) in [5, 5.41) is 8.39. The summed E-state index contributed by atoms with van der Waals surface area (Å²) in [6.45, 7) is 0. The number of pyridine rings is 3. The molecule has 0 aliphatic carbocycles. The zero-order chi connectivity index (χ0) is 24.8. The maximum absolute atomic E-state index is 14.2. The Labute approximate surface area is 205 Å². The van der Waals surface area contributed by atoms with Crippen LogP contribution in [0, 0.1) is 5.82 Å². The molecule has 5 aromatic heterocycles. The number of rotatable bonds is 5. The highest BCUT2D eigenvalue weighted by Crippen LogP contribution is 2.33. The van der Waals surface area contributed by atoms with E-state index in [-0.39, 0.29) is 0 Å². The second kappa shape index (κ2) is 8.42. The van der Waals surface area contributed by atoms with Crippen molar-refractivity contribution in [3.8, 4) is 39.7 Å². The van der Waals surface area contributed by atoms with Crippen LogP contribution in [0.2, 0.25) is 0 Å². The van der Waals surface area contributed by atoms with E-state index in [0.717, 1.165) is 27.8 Å². The molecule has 0 fully saturated rings. The summed E-state index contributed by atoms with van der Waals surface area (Å²) in [6.07, 6.45) is 8.69. The molecule has 10 heteroatoms. The fraction of sp³-hybridized carbons (Fsp3) is 0.115. The summed E-state index contributed by atoms with van der Waals surface area (Å²) in [6, 6.07) is 8.52. The molecule has 6 aromatic rings. The fourth-order valence-electron chi connectivity index (χ4n) is 4.16. The number of nitrogens with one attached hydrogen (secondary N) is 2. The number of methoxy groups -OCH3 is 1. The molecule has 36 heavy (non-hydrogen) atoms. The molecule has 1 aromatic carbocycles. The summed E-state index contributed by atoms with van der Waals surface area (Å²) in [4.78, 5) is 23.4. The lowest BCUT2D eigenvalue weighted by molar-refractivity contribution is 0.411. The molecule has 9 nitrogen and oxygen atoms in total. The highest BCUT2D eigenvalue weighted by molar-refractivity contribution is 5.97. The largest absolute Gasteiger partial charge is 0.497 e. The number of imidazole rings is 1. The van der Waals surface area contributed by atoms with Crippen LogP contribution in [-0.2, 0) is 0 Å². The molecule has 0 spiro atoms. The molecule has 0 amide bonds. The first-order valence-electron chi connectivity index (χ1n) is 11.2. The highest BCUT2D eigenvalue weighted by atomic mass is 19.1. The minimum atomic E-state index is -0.400. The molecule has 0 saturated carbocycles. The summed E-state index contributed by atoms with van der Waals surface area (Å²) in [5.74, 6) is 0.582. The smallest absolute Gasteiger partial charge is 0.159 e. The number of halogens is 1. The van der Waals surface area contributed by atoms with Crippen LogP contribution in [0.15, 0.2) is 61.3 Å². The van der Waals surface area contributed by atoms with Crippen molar-refractivity contribution in [2.75, 3.05) is 26.1 Å². The van der Waals surface area contributed by atoms with Gasteiger partial charge in [0.2, 0.25) is 0 Å². The molecule has 0 saturated heterocycles. The Hall–Kier alpha value is -4.86. The summed E-state index contributed by atoms with van der Waals surface area (Å²) in [7, 11) is 5.44. The van der Waals surface area contributed by atoms with Crippen molar-refractivity contribution in [3.63, 3.8) is 0 Å². The monoisotopic (exact) mass is 480 g/mol. The predicted molar refractivity (Wildman–Crippen MR) is 136 cm³/mol. The predicted octanol–water partition coefficient (Wildman–Crippen LogP) is 4.84. The van der Waals surface area contributed by atoms with Crippen LogP contribution in [0.4, 0.5) is 10.1 Å². The SMILES string of the molecule is COc1cc(F)cc(-c2cncc3[nH]c(-c4n[nH]c5cnc(-c6cncc(N(C)C)c6)cc45)nc23)c1. The van der Waals surface area contributed by atoms with Crippen molar-refractivity contribution < 1.29 is 9.13 Å². The molecule has 0 radical (unpaired) electrons. The third kappa shape index (κ3) is 3.68. The molecule has 0 aliphatic heterocycles. The Morgan fingerprint density at radius 2 is 1.75 bits per heavy atom. The van der Waals surface area contributed by atoms with Gasteiger partial charge in [0.1, 0.15) is 17.3 Å². The van der Waals surface area contributed by atoms with E-state index in [1.807, 2.05) is 31.1 Å². The minimum absolute atomic E-state index is 0.400. The van der Waals surface area contributed by atoms with Gasteiger partial charge in [0, 0.05) is 49.1 Å². The van der Waals surface area contributed by atoms with Crippen LogP contribution in [-0.4, -0.2) is 56.3 Å². The van der Waals surface area contributed by atoms with Gasteiger partial charge in [0.25, 0.3) is 0 Å². The first-order chi connectivity index (χ1) is 17.5. The second-order valence-corrected chi connectivity index (χ2v) is 8.56. The molecule has 0 bridgehead atoms. The first kappa shape index (κ1) is 21.7. The minimum Gasteiger partial charge on any atom is -0.497 e. The van der Waals surface area contributed by atoms with E-state index in [4.69, 9.17) is 9.72 Å². The van der Waals surface area contributed by atoms with Crippen molar-refractivity contribution >= 4 is 27.6 Å². The van der Waals surface area contributed by atoms with Crippen LogP contribution in [0.3, 0.4) is 0 Å². The molecule has 0 aliphatic rings. The average molecular weight is 481 g/mol. The summed E-state index contributed by atoms with van der Waals surface area (Å²) in [5.41, 5.74) is 6.73. The molecule has 0 atom stereocenters. The van der Waals surface area contributed by atoms with E-state index in [1.54, 1.807) is 37.1 Å². The third-order valence-electron chi connectivity index (χ3n) is 6.02. The molecule has 178 valence electrons. The van der Waals surface area contributed by atoms with Crippen LogP contribution >= 0.6 is 0 Å². The Morgan fingerprint density at radius 3 is 2.58 bits per heavy atom. The van der Waals surface area contributed by atoms with Gasteiger partial charge in [-0.1, -0.05) is 0 Å². The Morgan fingerprint density at radius 1 is 0.889 bits per heavy atom. The highest BCUT2D eigenvalue weighted by Gasteiger charge is 2.17. The van der Waals surface area contributed by atoms with Crippen LogP contribution in [0.5, 0.6) is 5.75 Å². The molecular formula is C26H21FN8O. The van der Waals surface area contributed by atoms with E-state index in [9.17, 15) is 4.39 Å².